The van der Waals surface area contributed by atoms with Crippen molar-refractivity contribution in [2.75, 3.05) is 6.54 Å². The van der Waals surface area contributed by atoms with Crippen molar-refractivity contribution in [3.63, 3.8) is 0 Å². The number of carbonyl (C=O) groups is 1. The third-order valence-electron chi connectivity index (χ3n) is 4.29. The predicted molar refractivity (Wildman–Crippen MR) is 83.9 cm³/mol. The second-order valence-corrected chi connectivity index (χ2v) is 6.04. The molecule has 1 fully saturated rings. The summed E-state index contributed by atoms with van der Waals surface area (Å²) in [6.07, 6.45) is -3.57. The molecule has 1 atom stereocenters. The zero-order valence-corrected chi connectivity index (χ0v) is 13.4. The van der Waals surface area contributed by atoms with E-state index in [9.17, 15) is 18.0 Å². The van der Waals surface area contributed by atoms with Gasteiger partial charge in [0.15, 0.2) is 0 Å². The van der Waals surface area contributed by atoms with Gasteiger partial charge < -0.3 is 5.11 Å². The number of hydrogen-bond donors (Lipinski definition) is 1. The lowest BCUT2D eigenvalue weighted by Crippen LogP contribution is -2.45. The number of aromatic nitrogens is 2. The summed E-state index contributed by atoms with van der Waals surface area (Å²) < 4.78 is 39.5. The first-order valence-corrected chi connectivity index (χ1v) is 7.77. The molecular formula is C17H16F3N3O2. The molecule has 0 radical (unpaired) electrons. The molecule has 3 rings (SSSR count). The second kappa shape index (κ2) is 6.44. The summed E-state index contributed by atoms with van der Waals surface area (Å²) in [5.74, 6) is -0.989. The lowest BCUT2D eigenvalue weighted by molar-refractivity contribution is -0.141. The highest BCUT2D eigenvalue weighted by Crippen LogP contribution is 2.31. The van der Waals surface area contributed by atoms with Gasteiger partial charge in [-0.1, -0.05) is 12.1 Å². The maximum atomic E-state index is 13.2. The molecule has 0 unspecified atom stereocenters. The van der Waals surface area contributed by atoms with Crippen LogP contribution in [-0.2, 0) is 12.7 Å². The summed E-state index contributed by atoms with van der Waals surface area (Å²) in [6, 6.07) is 6.76. The first-order valence-electron chi connectivity index (χ1n) is 7.77. The topological polar surface area (TPSA) is 66.3 Å². The van der Waals surface area contributed by atoms with E-state index in [1.54, 1.807) is 0 Å². The maximum absolute atomic E-state index is 13.2. The number of halogens is 3. The first-order chi connectivity index (χ1) is 11.7. The molecule has 0 amide bonds. The molecule has 2 heterocycles. The molecule has 5 nitrogen and oxygen atoms in total. The smallest absolute Gasteiger partial charge is 0.433 e. The van der Waals surface area contributed by atoms with Crippen LogP contribution in [-0.4, -0.2) is 38.5 Å². The summed E-state index contributed by atoms with van der Waals surface area (Å²) in [5, 5.41) is 8.92. The summed E-state index contributed by atoms with van der Waals surface area (Å²) >= 11 is 0. The largest absolute Gasteiger partial charge is 0.478 e. The molecule has 25 heavy (non-hydrogen) atoms. The highest BCUT2D eigenvalue weighted by molar-refractivity contribution is 5.88. The van der Waals surface area contributed by atoms with Crippen LogP contribution in [0, 0.1) is 0 Å². The van der Waals surface area contributed by atoms with E-state index in [1.807, 2.05) is 11.8 Å². The summed E-state index contributed by atoms with van der Waals surface area (Å²) in [7, 11) is 0. The Labute approximate surface area is 142 Å². The number of rotatable bonds is 4. The Morgan fingerprint density at radius 3 is 2.44 bits per heavy atom. The van der Waals surface area contributed by atoms with Crippen LogP contribution in [0.2, 0.25) is 0 Å². The Morgan fingerprint density at radius 2 is 1.96 bits per heavy atom. The minimum absolute atomic E-state index is 0.0588. The van der Waals surface area contributed by atoms with E-state index in [-0.39, 0.29) is 23.6 Å². The van der Waals surface area contributed by atoms with E-state index in [2.05, 4.69) is 9.97 Å². The van der Waals surface area contributed by atoms with Crippen molar-refractivity contribution < 1.29 is 23.1 Å². The lowest BCUT2D eigenvalue weighted by Gasteiger charge is -2.38. The van der Waals surface area contributed by atoms with E-state index < -0.39 is 17.8 Å². The van der Waals surface area contributed by atoms with Gasteiger partial charge in [-0.25, -0.2) is 14.8 Å². The van der Waals surface area contributed by atoms with Crippen LogP contribution < -0.4 is 0 Å². The van der Waals surface area contributed by atoms with E-state index in [0.717, 1.165) is 19.0 Å². The third kappa shape index (κ3) is 3.79. The van der Waals surface area contributed by atoms with E-state index >= 15 is 0 Å². The molecule has 2 aromatic rings. The summed E-state index contributed by atoms with van der Waals surface area (Å²) in [6.45, 7) is 3.07. The Hall–Kier alpha value is -2.48. The van der Waals surface area contributed by atoms with Crippen molar-refractivity contribution in [1.82, 2.24) is 14.9 Å². The molecule has 1 saturated heterocycles. The minimum atomic E-state index is -4.58. The SMILES string of the molecule is C[C@H]1CCN1Cc1nc(-c2ccc(C(=O)O)cc2)cc(C(F)(F)F)n1. The van der Waals surface area contributed by atoms with Gasteiger partial charge in [0, 0.05) is 18.2 Å². The van der Waals surface area contributed by atoms with Crippen LogP contribution in [0.4, 0.5) is 13.2 Å². The summed E-state index contributed by atoms with van der Waals surface area (Å²) in [5.41, 5.74) is -0.398. The van der Waals surface area contributed by atoms with Crippen molar-refractivity contribution in [2.45, 2.75) is 32.1 Å². The molecule has 1 aromatic carbocycles. The molecule has 0 saturated carbocycles. The van der Waals surface area contributed by atoms with Gasteiger partial charge in [-0.05, 0) is 31.5 Å². The molecule has 1 aliphatic heterocycles. The van der Waals surface area contributed by atoms with Gasteiger partial charge in [-0.2, -0.15) is 13.2 Å². The van der Waals surface area contributed by atoms with Crippen LogP contribution in [0.25, 0.3) is 11.3 Å². The maximum Gasteiger partial charge on any atom is 0.433 e. The highest BCUT2D eigenvalue weighted by atomic mass is 19.4. The van der Waals surface area contributed by atoms with Crippen LogP contribution >= 0.6 is 0 Å². The number of likely N-dealkylation sites (tertiary alicyclic amines) is 1. The van der Waals surface area contributed by atoms with Gasteiger partial charge in [0.05, 0.1) is 17.8 Å². The number of nitrogens with zero attached hydrogens (tertiary/aromatic N) is 3. The number of carboxylic acids is 1. The third-order valence-corrected chi connectivity index (χ3v) is 4.29. The zero-order valence-electron chi connectivity index (χ0n) is 13.4. The highest BCUT2D eigenvalue weighted by Gasteiger charge is 2.34. The van der Waals surface area contributed by atoms with Crippen LogP contribution in [0.15, 0.2) is 30.3 Å². The van der Waals surface area contributed by atoms with E-state index in [0.29, 0.717) is 11.6 Å². The number of carboxylic acid groups (broad SMARTS) is 1. The quantitative estimate of drug-likeness (QED) is 0.914. The lowest BCUT2D eigenvalue weighted by atomic mass is 10.1. The predicted octanol–water partition coefficient (Wildman–Crippen LogP) is 3.45. The van der Waals surface area contributed by atoms with Crippen LogP contribution in [0.3, 0.4) is 0 Å². The molecular weight excluding hydrogens is 335 g/mol. The number of aromatic carboxylic acids is 1. The molecule has 1 N–H and O–H groups in total. The van der Waals surface area contributed by atoms with Crippen LogP contribution in [0.1, 0.15) is 35.2 Å². The second-order valence-electron chi connectivity index (χ2n) is 6.04. The Morgan fingerprint density at radius 1 is 1.28 bits per heavy atom. The zero-order chi connectivity index (χ0) is 18.2. The minimum Gasteiger partial charge on any atom is -0.478 e. The molecule has 8 heteroatoms. The van der Waals surface area contributed by atoms with Gasteiger partial charge in [0.1, 0.15) is 11.5 Å². The molecule has 1 aromatic heterocycles. The van der Waals surface area contributed by atoms with Crippen LogP contribution in [0.5, 0.6) is 0 Å². The monoisotopic (exact) mass is 351 g/mol. The van der Waals surface area contributed by atoms with Gasteiger partial charge in [0.2, 0.25) is 0 Å². The fourth-order valence-corrected chi connectivity index (χ4v) is 2.63. The average molecular weight is 351 g/mol. The number of alkyl halides is 3. The molecule has 132 valence electrons. The van der Waals surface area contributed by atoms with E-state index in [1.165, 1.54) is 24.3 Å². The van der Waals surface area contributed by atoms with Crippen molar-refractivity contribution >= 4 is 5.97 Å². The standard InChI is InChI=1S/C17H16F3N3O2/c1-10-6-7-23(10)9-15-21-13(8-14(22-15)17(18,19)20)11-2-4-12(5-3-11)16(24)25/h2-5,8,10H,6-7,9H2,1H3,(H,24,25)/t10-/m0/s1. The van der Waals surface area contributed by atoms with Gasteiger partial charge >= 0.3 is 12.1 Å². The average Bonchev–Trinajstić information content (AvgIpc) is 2.57. The summed E-state index contributed by atoms with van der Waals surface area (Å²) in [4.78, 5) is 20.8. The molecule has 0 aliphatic carbocycles. The molecule has 0 spiro atoms. The fourth-order valence-electron chi connectivity index (χ4n) is 2.63. The first kappa shape index (κ1) is 17.3. The number of benzene rings is 1. The molecule has 1 aliphatic rings. The van der Waals surface area contributed by atoms with Gasteiger partial charge in [-0.3, -0.25) is 4.90 Å². The normalized spacial score (nSPS) is 18.0. The van der Waals surface area contributed by atoms with Crippen molar-refractivity contribution in [2.24, 2.45) is 0 Å². The van der Waals surface area contributed by atoms with Gasteiger partial charge in [-0.15, -0.1) is 0 Å². The number of hydrogen-bond acceptors (Lipinski definition) is 4. The Kier molecular flexibility index (Phi) is 4.47. The fraction of sp³-hybridized carbons (Fsp3) is 0.353. The van der Waals surface area contributed by atoms with E-state index in [4.69, 9.17) is 5.11 Å². The van der Waals surface area contributed by atoms with Gasteiger partial charge in [0.25, 0.3) is 0 Å². The van der Waals surface area contributed by atoms with Crippen molar-refractivity contribution in [1.29, 1.82) is 0 Å². The van der Waals surface area contributed by atoms with Crippen molar-refractivity contribution in [3.8, 4) is 11.3 Å². The Bertz CT molecular complexity index is 791. The van der Waals surface area contributed by atoms with Crippen molar-refractivity contribution in [3.05, 3.63) is 47.4 Å². The Balaban J connectivity index is 1.97. The molecule has 0 bridgehead atoms.